The number of benzene rings is 1. The van der Waals surface area contributed by atoms with Gasteiger partial charge in [-0.2, -0.15) is 5.26 Å². The number of thioether (sulfide) groups is 1. The molecule has 0 unspecified atom stereocenters. The zero-order valence-corrected chi connectivity index (χ0v) is 10.9. The van der Waals surface area contributed by atoms with Crippen LogP contribution in [0.25, 0.3) is 11.0 Å². The van der Waals surface area contributed by atoms with Crippen molar-refractivity contribution in [3.8, 4) is 6.07 Å². The van der Waals surface area contributed by atoms with Crippen molar-refractivity contribution in [1.29, 1.82) is 5.26 Å². The molecule has 1 aromatic carbocycles. The number of hydrogen-bond acceptors (Lipinski definition) is 3. The van der Waals surface area contributed by atoms with Crippen molar-refractivity contribution < 1.29 is 0 Å². The molecule has 0 amide bonds. The van der Waals surface area contributed by atoms with E-state index < -0.39 is 0 Å². The summed E-state index contributed by atoms with van der Waals surface area (Å²) in [6.45, 7) is 0. The first-order valence-corrected chi connectivity index (χ1v) is 6.72. The number of nitrogens with zero attached hydrogens (tertiary/aromatic N) is 2. The van der Waals surface area contributed by atoms with Crippen molar-refractivity contribution in [3.05, 3.63) is 22.7 Å². The number of aromatic nitrogens is 2. The SMILES string of the molecule is N#CCCCSc1nc2ccc(Br)cc2[nH]1. The van der Waals surface area contributed by atoms with Crippen LogP contribution in [0.1, 0.15) is 12.8 Å². The average molecular weight is 296 g/mol. The fourth-order valence-electron chi connectivity index (χ4n) is 1.35. The standard InChI is InChI=1S/C11H10BrN3S/c12-8-3-4-9-10(7-8)15-11(14-9)16-6-2-1-5-13/h3-4,7H,1-2,6H2,(H,14,15). The zero-order valence-electron chi connectivity index (χ0n) is 8.53. The van der Waals surface area contributed by atoms with Crippen molar-refractivity contribution in [2.45, 2.75) is 18.0 Å². The molecule has 82 valence electrons. The fraction of sp³-hybridized carbons (Fsp3) is 0.273. The van der Waals surface area contributed by atoms with E-state index in [9.17, 15) is 0 Å². The molecule has 0 radical (unpaired) electrons. The number of unbranched alkanes of at least 4 members (excludes halogenated alkanes) is 1. The first-order valence-electron chi connectivity index (χ1n) is 4.94. The van der Waals surface area contributed by atoms with Gasteiger partial charge >= 0.3 is 0 Å². The topological polar surface area (TPSA) is 52.5 Å². The number of aromatic amines is 1. The molecule has 0 spiro atoms. The smallest absolute Gasteiger partial charge is 0.166 e. The van der Waals surface area contributed by atoms with Gasteiger partial charge in [-0.05, 0) is 24.6 Å². The monoisotopic (exact) mass is 295 g/mol. The Bertz CT molecular complexity index is 529. The van der Waals surface area contributed by atoms with Crippen LogP contribution >= 0.6 is 27.7 Å². The first kappa shape index (κ1) is 11.5. The van der Waals surface area contributed by atoms with Gasteiger partial charge in [0.05, 0.1) is 17.1 Å². The van der Waals surface area contributed by atoms with Crippen LogP contribution in [0, 0.1) is 11.3 Å². The Hall–Kier alpha value is -0.990. The quantitative estimate of drug-likeness (QED) is 0.691. The lowest BCUT2D eigenvalue weighted by atomic mass is 10.3. The number of nitriles is 1. The number of H-pyrrole nitrogens is 1. The molecule has 0 fully saturated rings. The second-order valence-electron chi connectivity index (χ2n) is 3.31. The van der Waals surface area contributed by atoms with E-state index in [-0.39, 0.29) is 0 Å². The van der Waals surface area contributed by atoms with Crippen molar-refractivity contribution in [3.63, 3.8) is 0 Å². The Kier molecular flexibility index (Phi) is 3.86. The lowest BCUT2D eigenvalue weighted by molar-refractivity contribution is 0.972. The lowest BCUT2D eigenvalue weighted by Crippen LogP contribution is -1.80. The predicted octanol–water partition coefficient (Wildman–Crippen LogP) is 3.72. The first-order chi connectivity index (χ1) is 7.79. The zero-order chi connectivity index (χ0) is 11.4. The maximum Gasteiger partial charge on any atom is 0.166 e. The van der Waals surface area contributed by atoms with Crippen LogP contribution in [0.5, 0.6) is 0 Å². The molecule has 1 N–H and O–H groups in total. The van der Waals surface area contributed by atoms with E-state index in [0.29, 0.717) is 6.42 Å². The molecule has 0 atom stereocenters. The highest BCUT2D eigenvalue weighted by Gasteiger charge is 2.03. The molecule has 0 bridgehead atoms. The van der Waals surface area contributed by atoms with Crippen molar-refractivity contribution in [1.82, 2.24) is 9.97 Å². The lowest BCUT2D eigenvalue weighted by Gasteiger charge is -1.92. The van der Waals surface area contributed by atoms with Gasteiger partial charge in [-0.1, -0.05) is 27.7 Å². The maximum absolute atomic E-state index is 8.42. The summed E-state index contributed by atoms with van der Waals surface area (Å²) >= 11 is 5.08. The molecule has 0 aliphatic rings. The molecule has 1 heterocycles. The van der Waals surface area contributed by atoms with E-state index >= 15 is 0 Å². The molecule has 0 aliphatic carbocycles. The molecule has 0 saturated carbocycles. The summed E-state index contributed by atoms with van der Waals surface area (Å²) in [6, 6.07) is 8.11. The van der Waals surface area contributed by atoms with Crippen LogP contribution < -0.4 is 0 Å². The largest absolute Gasteiger partial charge is 0.333 e. The van der Waals surface area contributed by atoms with Crippen LogP contribution in [0.3, 0.4) is 0 Å². The number of hydrogen-bond donors (Lipinski definition) is 1. The van der Waals surface area contributed by atoms with Crippen molar-refractivity contribution in [2.75, 3.05) is 5.75 Å². The number of imidazole rings is 1. The van der Waals surface area contributed by atoms with E-state index in [0.717, 1.165) is 32.8 Å². The molecule has 3 nitrogen and oxygen atoms in total. The second-order valence-corrected chi connectivity index (χ2v) is 5.31. The molecular weight excluding hydrogens is 286 g/mol. The number of nitrogens with one attached hydrogen (secondary N) is 1. The van der Waals surface area contributed by atoms with Crippen LogP contribution in [0.15, 0.2) is 27.8 Å². The summed E-state index contributed by atoms with van der Waals surface area (Å²) in [6.07, 6.45) is 1.51. The van der Waals surface area contributed by atoms with Gasteiger partial charge in [0, 0.05) is 16.6 Å². The van der Waals surface area contributed by atoms with E-state index in [4.69, 9.17) is 5.26 Å². The molecule has 0 aliphatic heterocycles. The molecule has 1 aromatic heterocycles. The van der Waals surface area contributed by atoms with Gasteiger partial charge in [-0.3, -0.25) is 0 Å². The van der Waals surface area contributed by atoms with Gasteiger partial charge in [-0.25, -0.2) is 4.98 Å². The van der Waals surface area contributed by atoms with Gasteiger partial charge in [0.25, 0.3) is 0 Å². The van der Waals surface area contributed by atoms with Crippen molar-refractivity contribution >= 4 is 38.7 Å². The van der Waals surface area contributed by atoms with Gasteiger partial charge in [0.1, 0.15) is 0 Å². The average Bonchev–Trinajstić information content (AvgIpc) is 2.66. The molecule has 2 aromatic rings. The van der Waals surface area contributed by atoms with Gasteiger partial charge in [0.2, 0.25) is 0 Å². The minimum Gasteiger partial charge on any atom is -0.333 e. The summed E-state index contributed by atoms with van der Waals surface area (Å²) in [5, 5.41) is 9.34. The second kappa shape index (κ2) is 5.37. The molecule has 16 heavy (non-hydrogen) atoms. The number of fused-ring (bicyclic) bond motifs is 1. The summed E-state index contributed by atoms with van der Waals surface area (Å²) in [5.74, 6) is 0.925. The predicted molar refractivity (Wildman–Crippen MR) is 69.4 cm³/mol. The normalized spacial score (nSPS) is 10.5. The minimum atomic E-state index is 0.610. The molecule has 0 saturated heterocycles. The van der Waals surface area contributed by atoms with E-state index in [1.807, 2.05) is 18.2 Å². The highest BCUT2D eigenvalue weighted by atomic mass is 79.9. The number of halogens is 1. The Morgan fingerprint density at radius 2 is 2.38 bits per heavy atom. The Morgan fingerprint density at radius 1 is 1.50 bits per heavy atom. The minimum absolute atomic E-state index is 0.610. The molecular formula is C11H10BrN3S. The maximum atomic E-state index is 8.42. The van der Waals surface area contributed by atoms with Crippen LogP contribution in [0.4, 0.5) is 0 Å². The Morgan fingerprint density at radius 3 is 3.19 bits per heavy atom. The highest BCUT2D eigenvalue weighted by Crippen LogP contribution is 2.22. The number of rotatable bonds is 4. The Balaban J connectivity index is 2.06. The van der Waals surface area contributed by atoms with Crippen LogP contribution in [-0.4, -0.2) is 15.7 Å². The molecule has 5 heteroatoms. The van der Waals surface area contributed by atoms with Gasteiger partial charge in [0.15, 0.2) is 5.16 Å². The fourth-order valence-corrected chi connectivity index (χ4v) is 2.53. The van der Waals surface area contributed by atoms with Crippen LogP contribution in [-0.2, 0) is 0 Å². The summed E-state index contributed by atoms with van der Waals surface area (Å²) in [4.78, 5) is 7.71. The van der Waals surface area contributed by atoms with Gasteiger partial charge < -0.3 is 4.98 Å². The summed E-state index contributed by atoms with van der Waals surface area (Å²) < 4.78 is 1.05. The van der Waals surface area contributed by atoms with E-state index in [1.54, 1.807) is 11.8 Å². The summed E-state index contributed by atoms with van der Waals surface area (Å²) in [7, 11) is 0. The Labute approximate surface area is 106 Å². The highest BCUT2D eigenvalue weighted by molar-refractivity contribution is 9.10. The third-order valence-electron chi connectivity index (χ3n) is 2.09. The van der Waals surface area contributed by atoms with Gasteiger partial charge in [-0.15, -0.1) is 0 Å². The van der Waals surface area contributed by atoms with E-state index in [2.05, 4.69) is 32.0 Å². The van der Waals surface area contributed by atoms with E-state index in [1.165, 1.54) is 0 Å². The third-order valence-corrected chi connectivity index (χ3v) is 3.55. The molecule has 2 rings (SSSR count). The van der Waals surface area contributed by atoms with Crippen LogP contribution in [0.2, 0.25) is 0 Å². The summed E-state index contributed by atoms with van der Waals surface area (Å²) in [5.41, 5.74) is 2.02. The van der Waals surface area contributed by atoms with Crippen molar-refractivity contribution in [2.24, 2.45) is 0 Å². The third kappa shape index (κ3) is 2.77.